The molecule has 4 saturated heterocycles. The topological polar surface area (TPSA) is 211 Å². The maximum Gasteiger partial charge on any atom is 0.311 e. The highest BCUT2D eigenvalue weighted by Gasteiger charge is 2.64. The first kappa shape index (κ1) is 44.8. The Morgan fingerprint density at radius 2 is 1.67 bits per heavy atom. The third-order valence-electron chi connectivity index (χ3n) is 12.7. The van der Waals surface area contributed by atoms with Crippen LogP contribution in [0.2, 0.25) is 0 Å². The first-order valence-electron chi connectivity index (χ1n) is 19.4. The van der Waals surface area contributed by atoms with E-state index >= 15 is 0 Å². The van der Waals surface area contributed by atoms with Crippen molar-refractivity contribution >= 4 is 11.8 Å². The number of carbonyl (C=O) groups is 2. The SMILES string of the molecule is CC[C@H]1OC(=O)[C@H](C)C(O[C@H]2C[C@@](C)(OC)[C@@H](O)[C@H](C)O2)[C@H](C)C(O[C@@H]2O[C@H](C)C[C@H](N(C)C)[C@H]2O)[C@](C)(O)C[C@@H](C)C2OC1(C)C(=O)C2(C)CN=[N+]=[N-]. The lowest BCUT2D eigenvalue weighted by molar-refractivity contribution is -0.318. The quantitative estimate of drug-likeness (QED) is 0.133. The fourth-order valence-corrected chi connectivity index (χ4v) is 9.57. The summed E-state index contributed by atoms with van der Waals surface area (Å²) in [5, 5.41) is 39.0. The number of fused-ring (bicyclic) bond motifs is 2. The number of cyclic esters (lactones) is 1. The van der Waals surface area contributed by atoms with Crippen LogP contribution < -0.4 is 0 Å². The predicted octanol–water partition coefficient (Wildman–Crippen LogP) is 3.51. The van der Waals surface area contributed by atoms with Crippen LogP contribution in [0.1, 0.15) is 94.9 Å². The van der Waals surface area contributed by atoms with Crippen LogP contribution in [-0.4, -0.2) is 144 Å². The molecule has 4 aliphatic heterocycles. The van der Waals surface area contributed by atoms with Crippen molar-refractivity contribution in [3.8, 4) is 0 Å². The standard InChI is InChI=1S/C38H66N4O12/c1-14-25-38(10)34(46)35(7,18-40-41-39)30(54-38)19(2)16-36(8,47)31(53-33-27(43)24(42(11)12)15-20(3)49-33)21(4)28(22(5)32(45)51-25)52-26-17-37(9,48-13)29(44)23(6)50-26/h19-31,33,43-44,47H,14-18H2,1-13H3/t19-,20-,21+,22-,23+,24+,25-,26+,27-,28?,29+,30?,31?,33+,35?,36-,37-,38?/m1/s1. The summed E-state index contributed by atoms with van der Waals surface area (Å²) >= 11 is 0. The number of ketones is 1. The van der Waals surface area contributed by atoms with Gasteiger partial charge in [0.05, 0.1) is 53.1 Å². The van der Waals surface area contributed by atoms with Gasteiger partial charge in [0.1, 0.15) is 18.3 Å². The van der Waals surface area contributed by atoms with Gasteiger partial charge in [-0.3, -0.25) is 9.59 Å². The first-order chi connectivity index (χ1) is 25.0. The number of hydrogen-bond acceptors (Lipinski definition) is 14. The summed E-state index contributed by atoms with van der Waals surface area (Å²) in [6, 6.07) is -0.313. The number of rotatable bonds is 9. The monoisotopic (exact) mass is 770 g/mol. The van der Waals surface area contributed by atoms with E-state index in [9.17, 15) is 30.4 Å². The number of aliphatic hydroxyl groups is 3. The molecule has 0 aromatic heterocycles. The number of ether oxygens (including phenoxy) is 7. The Hall–Kier alpha value is -1.95. The van der Waals surface area contributed by atoms with Gasteiger partial charge in [0.2, 0.25) is 0 Å². The van der Waals surface area contributed by atoms with Gasteiger partial charge in [0.15, 0.2) is 24.0 Å². The van der Waals surface area contributed by atoms with E-state index in [0.717, 1.165) is 0 Å². The molecule has 4 heterocycles. The second kappa shape index (κ2) is 16.9. The molecule has 4 fully saturated rings. The minimum absolute atomic E-state index is 0.0228. The smallest absolute Gasteiger partial charge is 0.311 e. The molecule has 4 rings (SSSR count). The maximum absolute atomic E-state index is 14.5. The third kappa shape index (κ3) is 8.50. The van der Waals surface area contributed by atoms with Crippen molar-refractivity contribution in [2.24, 2.45) is 28.3 Å². The summed E-state index contributed by atoms with van der Waals surface area (Å²) in [5.74, 6) is -3.40. The van der Waals surface area contributed by atoms with Crippen LogP contribution in [0.3, 0.4) is 0 Å². The van der Waals surface area contributed by atoms with Gasteiger partial charge in [0, 0.05) is 36.9 Å². The van der Waals surface area contributed by atoms with E-state index in [0.29, 0.717) is 6.42 Å². The lowest BCUT2D eigenvalue weighted by Gasteiger charge is -2.49. The molecule has 4 aliphatic rings. The zero-order valence-electron chi connectivity index (χ0n) is 34.4. The number of nitrogens with zero attached hydrogens (tertiary/aromatic N) is 4. The Labute approximate surface area is 320 Å². The second-order valence-electron chi connectivity index (χ2n) is 17.5. The number of azide groups is 1. The molecular formula is C38H66N4O12. The highest BCUT2D eigenvalue weighted by Crippen LogP contribution is 2.50. The number of hydrogen-bond donors (Lipinski definition) is 3. The molecule has 0 amide bonds. The summed E-state index contributed by atoms with van der Waals surface area (Å²) in [6.45, 7) is 17.1. The van der Waals surface area contributed by atoms with Crippen LogP contribution in [0.4, 0.5) is 0 Å². The van der Waals surface area contributed by atoms with Crippen LogP contribution in [0, 0.1) is 23.2 Å². The summed E-state index contributed by atoms with van der Waals surface area (Å²) < 4.78 is 44.4. The molecule has 54 heavy (non-hydrogen) atoms. The molecule has 2 bridgehead atoms. The lowest BCUT2D eigenvalue weighted by Crippen LogP contribution is -2.60. The first-order valence-corrected chi connectivity index (χ1v) is 19.4. The number of Topliss-reactive ketones (excluding diaryl/α,β-unsaturated/α-hetero) is 1. The normalized spacial score (nSPS) is 49.4. The van der Waals surface area contributed by atoms with Gasteiger partial charge in [-0.05, 0) is 93.3 Å². The zero-order chi connectivity index (χ0) is 40.7. The summed E-state index contributed by atoms with van der Waals surface area (Å²) in [5.41, 5.74) is 3.61. The molecule has 0 aliphatic carbocycles. The van der Waals surface area contributed by atoms with Gasteiger partial charge in [-0.2, -0.15) is 0 Å². The van der Waals surface area contributed by atoms with Gasteiger partial charge in [-0.15, -0.1) is 0 Å². The van der Waals surface area contributed by atoms with Crippen molar-refractivity contribution in [3.05, 3.63) is 10.4 Å². The van der Waals surface area contributed by atoms with E-state index in [1.54, 1.807) is 55.4 Å². The van der Waals surface area contributed by atoms with Crippen LogP contribution in [0.25, 0.3) is 10.4 Å². The molecule has 0 radical (unpaired) electrons. The molecular weight excluding hydrogens is 704 g/mol. The van der Waals surface area contributed by atoms with Crippen molar-refractivity contribution in [1.29, 1.82) is 0 Å². The van der Waals surface area contributed by atoms with Gasteiger partial charge in [0.25, 0.3) is 0 Å². The molecule has 0 aromatic rings. The Morgan fingerprint density at radius 3 is 2.24 bits per heavy atom. The van der Waals surface area contributed by atoms with Crippen LogP contribution in [-0.2, 0) is 42.7 Å². The van der Waals surface area contributed by atoms with Crippen molar-refractivity contribution < 1.29 is 58.1 Å². The molecule has 3 N–H and O–H groups in total. The third-order valence-corrected chi connectivity index (χ3v) is 12.7. The average molecular weight is 771 g/mol. The van der Waals surface area contributed by atoms with Crippen LogP contribution in [0.5, 0.6) is 0 Å². The minimum atomic E-state index is -1.72. The average Bonchev–Trinajstić information content (AvgIpc) is 3.31. The summed E-state index contributed by atoms with van der Waals surface area (Å²) in [4.78, 5) is 33.7. The molecule has 18 atom stereocenters. The number of likely N-dealkylation sites (N-methyl/N-ethyl adjacent to an activating group) is 1. The predicted molar refractivity (Wildman–Crippen MR) is 196 cm³/mol. The molecule has 0 spiro atoms. The molecule has 0 aromatic carbocycles. The van der Waals surface area contributed by atoms with E-state index in [1.165, 1.54) is 7.11 Å². The highest BCUT2D eigenvalue weighted by molar-refractivity contribution is 5.95. The number of aliphatic hydroxyl groups excluding tert-OH is 2. The largest absolute Gasteiger partial charge is 0.459 e. The van der Waals surface area contributed by atoms with E-state index < -0.39 is 101 Å². The Bertz CT molecular complexity index is 1380. The maximum atomic E-state index is 14.5. The molecule has 5 unspecified atom stereocenters. The van der Waals surface area contributed by atoms with Crippen LogP contribution >= 0.6 is 0 Å². The number of carbonyl (C=O) groups excluding carboxylic acids is 2. The van der Waals surface area contributed by atoms with E-state index in [2.05, 4.69) is 10.0 Å². The fraction of sp³-hybridized carbons (Fsp3) is 0.947. The number of esters is 1. The lowest BCUT2D eigenvalue weighted by atomic mass is 9.69. The van der Waals surface area contributed by atoms with E-state index in [1.807, 2.05) is 32.8 Å². The van der Waals surface area contributed by atoms with Gasteiger partial charge >= 0.3 is 5.97 Å². The van der Waals surface area contributed by atoms with Crippen molar-refractivity contribution in [3.63, 3.8) is 0 Å². The summed E-state index contributed by atoms with van der Waals surface area (Å²) in [6.07, 6.45) is -8.27. The van der Waals surface area contributed by atoms with E-state index in [4.69, 9.17) is 33.2 Å². The molecule has 0 saturated carbocycles. The Balaban J connectivity index is 1.87. The molecule has 310 valence electrons. The molecule has 16 nitrogen and oxygen atoms in total. The van der Waals surface area contributed by atoms with Crippen molar-refractivity contribution in [2.75, 3.05) is 27.7 Å². The zero-order valence-corrected chi connectivity index (χ0v) is 34.4. The van der Waals surface area contributed by atoms with Gasteiger partial charge in [-0.25, -0.2) is 0 Å². The van der Waals surface area contributed by atoms with Crippen molar-refractivity contribution in [1.82, 2.24) is 4.90 Å². The van der Waals surface area contributed by atoms with Gasteiger partial charge in [-0.1, -0.05) is 25.9 Å². The van der Waals surface area contributed by atoms with Gasteiger partial charge < -0.3 is 53.4 Å². The second-order valence-corrected chi connectivity index (χ2v) is 17.5. The van der Waals surface area contributed by atoms with E-state index in [-0.39, 0.29) is 43.7 Å². The fourth-order valence-electron chi connectivity index (χ4n) is 9.57. The van der Waals surface area contributed by atoms with Crippen molar-refractivity contribution in [2.45, 2.75) is 179 Å². The minimum Gasteiger partial charge on any atom is -0.459 e. The summed E-state index contributed by atoms with van der Waals surface area (Å²) in [7, 11) is 5.23. The molecule has 16 heteroatoms. The number of methoxy groups -OCH3 is 1. The highest BCUT2D eigenvalue weighted by atomic mass is 16.7. The van der Waals surface area contributed by atoms with Crippen LogP contribution in [0.15, 0.2) is 5.11 Å². The Kier molecular flexibility index (Phi) is 14.0. The Morgan fingerprint density at radius 1 is 1.02 bits per heavy atom.